The van der Waals surface area contributed by atoms with Gasteiger partial charge in [0.15, 0.2) is 34.7 Å². The Labute approximate surface area is 255 Å². The van der Waals surface area contributed by atoms with Crippen molar-refractivity contribution in [3.63, 3.8) is 0 Å². The zero-order valence-corrected chi connectivity index (χ0v) is 25.8. The van der Waals surface area contributed by atoms with Crippen LogP contribution in [0.15, 0.2) is 30.3 Å². The number of aliphatic hydroxyl groups is 1. The Morgan fingerprint density at radius 1 is 1.09 bits per heavy atom. The number of carbonyl (C=O) groups excluding carboxylic acids is 5. The number of ketones is 4. The average molecular weight is 606 g/mol. The number of ether oxygens (including phenoxy) is 1. The first kappa shape index (κ1) is 31.5. The molecule has 5 rings (SSSR count). The predicted octanol–water partition coefficient (Wildman–Crippen LogP) is 1.43. The Morgan fingerprint density at radius 3 is 2.36 bits per heavy atom. The van der Waals surface area contributed by atoms with Gasteiger partial charge in [0.25, 0.3) is 0 Å². The maximum atomic E-state index is 14.1. The number of likely N-dealkylation sites (N-methyl/N-ethyl adjacent to an activating group) is 1. The number of nitrogens with two attached hydrogens (primary N) is 1. The Hall–Kier alpha value is -3.93. The van der Waals surface area contributed by atoms with E-state index < -0.39 is 64.4 Å². The molecule has 1 amide bonds. The number of phenols is 1. The van der Waals surface area contributed by atoms with Crippen LogP contribution in [0.25, 0.3) is 11.1 Å². The SMILES string of the molecule is COc1ccc(CNC(C)(C)C)cc1-c1ccc(O)c2c1C[C@H]1C[C@H]3[C@H](N(C)C)C(=O)C(C(N)=O)C(=O)[C@@]3(O)C(=O)C1C2=O. The third-order valence-corrected chi connectivity index (χ3v) is 9.32. The van der Waals surface area contributed by atoms with Crippen molar-refractivity contribution in [2.45, 2.75) is 57.3 Å². The fourth-order valence-electron chi connectivity index (χ4n) is 7.30. The second kappa shape index (κ2) is 10.9. The number of aromatic hydroxyl groups is 1. The second-order valence-electron chi connectivity index (χ2n) is 13.4. The van der Waals surface area contributed by atoms with Crippen molar-refractivity contribution >= 4 is 29.0 Å². The number of amides is 1. The molecule has 234 valence electrons. The first-order valence-corrected chi connectivity index (χ1v) is 14.6. The normalized spacial score (nSPS) is 28.4. The number of hydrogen-bond acceptors (Lipinski definition) is 10. The highest BCUT2D eigenvalue weighted by molar-refractivity contribution is 6.32. The van der Waals surface area contributed by atoms with Gasteiger partial charge in [0.05, 0.1) is 24.6 Å². The summed E-state index contributed by atoms with van der Waals surface area (Å²) in [5.74, 6) is -10.2. The van der Waals surface area contributed by atoms with Crippen LogP contribution in [0.1, 0.15) is 48.7 Å². The van der Waals surface area contributed by atoms with E-state index in [9.17, 15) is 34.2 Å². The maximum absolute atomic E-state index is 14.1. The predicted molar refractivity (Wildman–Crippen MR) is 160 cm³/mol. The summed E-state index contributed by atoms with van der Waals surface area (Å²) < 4.78 is 5.68. The summed E-state index contributed by atoms with van der Waals surface area (Å²) in [6, 6.07) is 7.65. The van der Waals surface area contributed by atoms with Crippen molar-refractivity contribution in [2.75, 3.05) is 21.2 Å². The van der Waals surface area contributed by atoms with E-state index in [1.807, 2.05) is 18.2 Å². The monoisotopic (exact) mass is 605 g/mol. The molecule has 2 saturated carbocycles. The van der Waals surface area contributed by atoms with E-state index in [-0.39, 0.29) is 29.7 Å². The topological polar surface area (TPSA) is 176 Å². The smallest absolute Gasteiger partial charge is 0.235 e. The number of benzene rings is 2. The minimum Gasteiger partial charge on any atom is -0.507 e. The molecule has 2 aromatic carbocycles. The number of phenolic OH excluding ortho intramolecular Hbond substituents is 1. The molecular formula is C33H39N3O8. The number of methoxy groups -OCH3 is 1. The zero-order valence-electron chi connectivity index (χ0n) is 25.8. The lowest BCUT2D eigenvalue weighted by Crippen LogP contribution is -2.74. The summed E-state index contributed by atoms with van der Waals surface area (Å²) >= 11 is 0. The molecule has 0 saturated heterocycles. The van der Waals surface area contributed by atoms with Gasteiger partial charge in [0.1, 0.15) is 11.5 Å². The van der Waals surface area contributed by atoms with Gasteiger partial charge in [-0.3, -0.25) is 28.9 Å². The highest BCUT2D eigenvalue weighted by Crippen LogP contribution is 2.52. The molecule has 0 heterocycles. The lowest BCUT2D eigenvalue weighted by atomic mass is 9.52. The quantitative estimate of drug-likeness (QED) is 0.352. The van der Waals surface area contributed by atoms with Crippen LogP contribution in [0.5, 0.6) is 11.5 Å². The van der Waals surface area contributed by atoms with Gasteiger partial charge >= 0.3 is 0 Å². The van der Waals surface area contributed by atoms with Crippen molar-refractivity contribution in [3.05, 3.63) is 47.0 Å². The number of fused-ring (bicyclic) bond motifs is 3. The molecule has 0 aliphatic heterocycles. The minimum absolute atomic E-state index is 0.0222. The fourth-order valence-corrected chi connectivity index (χ4v) is 7.30. The Kier molecular flexibility index (Phi) is 7.80. The van der Waals surface area contributed by atoms with E-state index in [4.69, 9.17) is 10.5 Å². The first-order chi connectivity index (χ1) is 20.5. The molecule has 6 atom stereocenters. The number of nitrogens with one attached hydrogen (secondary N) is 1. The van der Waals surface area contributed by atoms with Gasteiger partial charge in [0.2, 0.25) is 5.91 Å². The van der Waals surface area contributed by atoms with E-state index in [1.165, 1.54) is 11.0 Å². The van der Waals surface area contributed by atoms with Crippen LogP contribution in [0, 0.1) is 23.7 Å². The number of primary amides is 1. The van der Waals surface area contributed by atoms with Crippen molar-refractivity contribution in [3.8, 4) is 22.6 Å². The van der Waals surface area contributed by atoms with Crippen LogP contribution >= 0.6 is 0 Å². The average Bonchev–Trinajstić information content (AvgIpc) is 2.93. The van der Waals surface area contributed by atoms with E-state index in [0.29, 0.717) is 29.0 Å². The van der Waals surface area contributed by atoms with Gasteiger partial charge in [-0.25, -0.2) is 0 Å². The molecule has 3 aliphatic carbocycles. The molecule has 2 unspecified atom stereocenters. The highest BCUT2D eigenvalue weighted by atomic mass is 16.5. The summed E-state index contributed by atoms with van der Waals surface area (Å²) in [6.07, 6.45) is 0.134. The van der Waals surface area contributed by atoms with Crippen LogP contribution in [-0.4, -0.2) is 82.5 Å². The first-order valence-electron chi connectivity index (χ1n) is 14.6. The maximum Gasteiger partial charge on any atom is 0.235 e. The summed E-state index contributed by atoms with van der Waals surface area (Å²) in [5.41, 5.74) is 5.25. The molecule has 0 spiro atoms. The summed E-state index contributed by atoms with van der Waals surface area (Å²) in [5, 5.41) is 26.2. The van der Waals surface area contributed by atoms with E-state index in [2.05, 4.69) is 26.1 Å². The molecular weight excluding hydrogens is 566 g/mol. The summed E-state index contributed by atoms with van der Waals surface area (Å²) in [4.78, 5) is 68.6. The third kappa shape index (κ3) is 4.83. The van der Waals surface area contributed by atoms with Crippen molar-refractivity contribution in [2.24, 2.45) is 29.4 Å². The molecule has 2 aromatic rings. The van der Waals surface area contributed by atoms with Crippen LogP contribution in [-0.2, 0) is 32.1 Å². The van der Waals surface area contributed by atoms with Gasteiger partial charge in [-0.1, -0.05) is 12.1 Å². The minimum atomic E-state index is -2.76. The summed E-state index contributed by atoms with van der Waals surface area (Å²) in [7, 11) is 4.65. The van der Waals surface area contributed by atoms with E-state index in [1.54, 1.807) is 27.3 Å². The number of carbonyl (C=O) groups is 5. The zero-order chi connectivity index (χ0) is 32.5. The van der Waals surface area contributed by atoms with Crippen molar-refractivity contribution in [1.82, 2.24) is 10.2 Å². The van der Waals surface area contributed by atoms with Gasteiger partial charge in [-0.05, 0) is 88.5 Å². The van der Waals surface area contributed by atoms with E-state index >= 15 is 0 Å². The van der Waals surface area contributed by atoms with Gasteiger partial charge < -0.3 is 26.0 Å². The lowest BCUT2D eigenvalue weighted by molar-refractivity contribution is -0.181. The number of nitrogens with zero attached hydrogens (tertiary/aromatic N) is 1. The third-order valence-electron chi connectivity index (χ3n) is 9.32. The molecule has 2 fully saturated rings. The molecule has 11 nitrogen and oxygen atoms in total. The number of hydrogen-bond donors (Lipinski definition) is 4. The fraction of sp³-hybridized carbons (Fsp3) is 0.485. The molecule has 5 N–H and O–H groups in total. The lowest BCUT2D eigenvalue weighted by Gasteiger charge is -2.52. The van der Waals surface area contributed by atoms with Crippen molar-refractivity contribution < 1.29 is 38.9 Å². The van der Waals surface area contributed by atoms with Crippen LogP contribution in [0.3, 0.4) is 0 Å². The van der Waals surface area contributed by atoms with Gasteiger partial charge in [0, 0.05) is 23.6 Å². The number of rotatable bonds is 6. The Bertz CT molecular complexity index is 1590. The molecule has 0 radical (unpaired) electrons. The molecule has 0 bridgehead atoms. The second-order valence-corrected chi connectivity index (χ2v) is 13.4. The van der Waals surface area contributed by atoms with E-state index in [0.717, 1.165) is 5.56 Å². The highest BCUT2D eigenvalue weighted by Gasteiger charge is 2.69. The van der Waals surface area contributed by atoms with Crippen LogP contribution < -0.4 is 15.8 Å². The van der Waals surface area contributed by atoms with Gasteiger partial charge in [-0.2, -0.15) is 0 Å². The number of Topliss-reactive ketones (excluding diaryl/α,β-unsaturated/α-hetero) is 4. The van der Waals surface area contributed by atoms with Gasteiger partial charge in [-0.15, -0.1) is 0 Å². The molecule has 0 aromatic heterocycles. The Balaban J connectivity index is 1.63. The van der Waals surface area contributed by atoms with Crippen LogP contribution in [0.2, 0.25) is 0 Å². The molecule has 3 aliphatic rings. The largest absolute Gasteiger partial charge is 0.507 e. The molecule has 44 heavy (non-hydrogen) atoms. The Morgan fingerprint density at radius 2 is 1.77 bits per heavy atom. The summed E-state index contributed by atoms with van der Waals surface area (Å²) in [6.45, 7) is 6.75. The van der Waals surface area contributed by atoms with Crippen molar-refractivity contribution in [1.29, 1.82) is 0 Å². The molecule has 11 heteroatoms. The van der Waals surface area contributed by atoms with Crippen LogP contribution in [0.4, 0.5) is 0 Å². The standard InChI is InChI=1S/C33H39N3O8/c1-32(2,3)35-14-15-7-10-22(44-6)18(11-15)17-8-9-21(37)24-19(17)12-16-13-20-26(36(4)5)28(39)25(31(34)42)30(41)33(20,43)29(40)23(16)27(24)38/h7-11,16,20,23,25-26,35,37,43H,12-14H2,1-6H3,(H2,34,42)/t16-,20-,23?,25?,26-,33-/m0/s1.